The van der Waals surface area contributed by atoms with Crippen molar-refractivity contribution < 1.29 is 13.2 Å². The molecular formula is C12H14ClN3O3S. The molecule has 0 aliphatic heterocycles. The maximum atomic E-state index is 12.0. The second kappa shape index (κ2) is 6.70. The third-order valence-corrected chi connectivity index (χ3v) is 4.42. The van der Waals surface area contributed by atoms with Gasteiger partial charge in [0, 0.05) is 27.1 Å². The molecular weight excluding hydrogens is 302 g/mol. The fourth-order valence-corrected chi connectivity index (χ4v) is 2.93. The lowest BCUT2D eigenvalue weighted by atomic mass is 10.2. The predicted octanol–water partition coefficient (Wildman–Crippen LogP) is 0.968. The van der Waals surface area contributed by atoms with Crippen LogP contribution in [0, 0.1) is 11.3 Å². The Morgan fingerprint density at radius 1 is 1.45 bits per heavy atom. The Labute approximate surface area is 123 Å². The highest BCUT2D eigenvalue weighted by molar-refractivity contribution is 7.89. The highest BCUT2D eigenvalue weighted by Gasteiger charge is 2.18. The van der Waals surface area contributed by atoms with Crippen LogP contribution in [0.15, 0.2) is 23.1 Å². The molecule has 0 radical (unpaired) electrons. The number of nitriles is 1. The van der Waals surface area contributed by atoms with E-state index in [4.69, 9.17) is 16.9 Å². The zero-order chi connectivity index (χ0) is 15.3. The van der Waals surface area contributed by atoms with Gasteiger partial charge in [0.15, 0.2) is 0 Å². The molecule has 0 fully saturated rings. The molecule has 0 saturated carbocycles. The first kappa shape index (κ1) is 16.4. The van der Waals surface area contributed by atoms with E-state index < -0.39 is 10.0 Å². The van der Waals surface area contributed by atoms with Crippen LogP contribution in [0.1, 0.15) is 12.0 Å². The van der Waals surface area contributed by atoms with Crippen LogP contribution in [0.4, 0.5) is 0 Å². The summed E-state index contributed by atoms with van der Waals surface area (Å²) in [5.41, 5.74) is 0.194. The number of benzene rings is 1. The first-order chi connectivity index (χ1) is 9.27. The molecule has 0 aliphatic carbocycles. The van der Waals surface area contributed by atoms with Gasteiger partial charge in [-0.25, -0.2) is 13.1 Å². The van der Waals surface area contributed by atoms with Gasteiger partial charge in [0.25, 0.3) is 0 Å². The van der Waals surface area contributed by atoms with Crippen molar-refractivity contribution in [1.29, 1.82) is 5.26 Å². The molecule has 0 aliphatic rings. The third-order valence-electron chi connectivity index (χ3n) is 2.48. The first-order valence-corrected chi connectivity index (χ1v) is 7.53. The Morgan fingerprint density at radius 2 is 2.10 bits per heavy atom. The van der Waals surface area contributed by atoms with Gasteiger partial charge in [0.05, 0.1) is 16.7 Å². The van der Waals surface area contributed by atoms with Gasteiger partial charge >= 0.3 is 0 Å². The topological polar surface area (TPSA) is 90.3 Å². The zero-order valence-electron chi connectivity index (χ0n) is 11.1. The van der Waals surface area contributed by atoms with Crippen LogP contribution in [0.25, 0.3) is 0 Å². The minimum atomic E-state index is -3.85. The largest absolute Gasteiger partial charge is 0.349 e. The van der Waals surface area contributed by atoms with Crippen molar-refractivity contribution in [3.63, 3.8) is 0 Å². The van der Waals surface area contributed by atoms with E-state index in [1.165, 1.54) is 23.1 Å². The molecule has 0 bridgehead atoms. The van der Waals surface area contributed by atoms with Gasteiger partial charge in [-0.2, -0.15) is 5.26 Å². The summed E-state index contributed by atoms with van der Waals surface area (Å²) in [5.74, 6) is -0.190. The fourth-order valence-electron chi connectivity index (χ4n) is 1.37. The molecule has 1 rings (SSSR count). The van der Waals surface area contributed by atoms with Crippen molar-refractivity contribution in [3.05, 3.63) is 28.8 Å². The van der Waals surface area contributed by atoms with Crippen LogP contribution in [-0.2, 0) is 14.8 Å². The van der Waals surface area contributed by atoms with E-state index >= 15 is 0 Å². The number of halogens is 1. The van der Waals surface area contributed by atoms with Crippen LogP contribution in [0.2, 0.25) is 5.02 Å². The second-order valence-corrected chi connectivity index (χ2v) is 6.34. The first-order valence-electron chi connectivity index (χ1n) is 5.67. The summed E-state index contributed by atoms with van der Waals surface area (Å²) in [4.78, 5) is 12.6. The number of sulfonamides is 1. The van der Waals surface area contributed by atoms with Crippen LogP contribution in [0.5, 0.6) is 0 Å². The number of rotatable bonds is 5. The molecule has 1 aromatic carbocycles. The lowest BCUT2D eigenvalue weighted by Gasteiger charge is -2.11. The number of nitrogens with one attached hydrogen (secondary N) is 1. The van der Waals surface area contributed by atoms with Crippen molar-refractivity contribution in [2.24, 2.45) is 0 Å². The van der Waals surface area contributed by atoms with Gasteiger partial charge in [-0.3, -0.25) is 4.79 Å². The minimum absolute atomic E-state index is 0.0236. The van der Waals surface area contributed by atoms with Gasteiger partial charge in [-0.1, -0.05) is 11.6 Å². The lowest BCUT2D eigenvalue weighted by Crippen LogP contribution is -2.30. The van der Waals surface area contributed by atoms with Crippen molar-refractivity contribution in [2.75, 3.05) is 20.6 Å². The Hall–Kier alpha value is -1.62. The monoisotopic (exact) mass is 315 g/mol. The smallest absolute Gasteiger partial charge is 0.242 e. The summed E-state index contributed by atoms with van der Waals surface area (Å²) in [6, 6.07) is 5.81. The molecule has 0 atom stereocenters. The Kier molecular flexibility index (Phi) is 5.51. The van der Waals surface area contributed by atoms with E-state index in [1.54, 1.807) is 14.1 Å². The van der Waals surface area contributed by atoms with E-state index in [2.05, 4.69) is 4.72 Å². The van der Waals surface area contributed by atoms with Crippen LogP contribution < -0.4 is 4.72 Å². The molecule has 1 N–H and O–H groups in total. The summed E-state index contributed by atoms with van der Waals surface area (Å²) in [6.45, 7) is -0.0353. The van der Waals surface area contributed by atoms with Gasteiger partial charge in [0.1, 0.15) is 4.90 Å². The molecule has 8 heteroatoms. The maximum Gasteiger partial charge on any atom is 0.242 e. The van der Waals surface area contributed by atoms with E-state index in [-0.39, 0.29) is 34.4 Å². The summed E-state index contributed by atoms with van der Waals surface area (Å²) in [7, 11) is -0.674. The molecule has 0 saturated heterocycles. The number of amides is 1. The Balaban J connectivity index is 2.85. The number of hydrogen-bond donors (Lipinski definition) is 1. The summed E-state index contributed by atoms with van der Waals surface area (Å²) < 4.78 is 26.4. The normalized spacial score (nSPS) is 10.9. The molecule has 20 heavy (non-hydrogen) atoms. The second-order valence-electron chi connectivity index (χ2n) is 4.19. The van der Waals surface area contributed by atoms with E-state index in [1.807, 2.05) is 6.07 Å². The summed E-state index contributed by atoms with van der Waals surface area (Å²) >= 11 is 5.83. The van der Waals surface area contributed by atoms with Crippen LogP contribution >= 0.6 is 11.6 Å². The average molecular weight is 316 g/mol. The lowest BCUT2D eigenvalue weighted by molar-refractivity contribution is -0.128. The van der Waals surface area contributed by atoms with Gasteiger partial charge in [-0.05, 0) is 18.2 Å². The van der Waals surface area contributed by atoms with E-state index in [0.29, 0.717) is 0 Å². The molecule has 0 heterocycles. The number of carbonyl (C=O) groups excluding carboxylic acids is 1. The van der Waals surface area contributed by atoms with E-state index in [0.717, 1.165) is 0 Å². The number of hydrogen-bond acceptors (Lipinski definition) is 4. The molecule has 108 valence electrons. The molecule has 6 nitrogen and oxygen atoms in total. The van der Waals surface area contributed by atoms with Gasteiger partial charge in [-0.15, -0.1) is 0 Å². The van der Waals surface area contributed by atoms with Crippen molar-refractivity contribution in [2.45, 2.75) is 11.3 Å². The van der Waals surface area contributed by atoms with Crippen LogP contribution in [0.3, 0.4) is 0 Å². The number of carbonyl (C=O) groups is 1. The fraction of sp³-hybridized carbons (Fsp3) is 0.333. The summed E-state index contributed by atoms with van der Waals surface area (Å²) in [5, 5.41) is 8.79. The summed E-state index contributed by atoms with van der Waals surface area (Å²) in [6.07, 6.45) is 0.0434. The minimum Gasteiger partial charge on any atom is -0.349 e. The Bertz CT molecular complexity index is 650. The third kappa shape index (κ3) is 4.20. The highest BCUT2D eigenvalue weighted by atomic mass is 35.5. The van der Waals surface area contributed by atoms with Crippen molar-refractivity contribution in [3.8, 4) is 6.07 Å². The average Bonchev–Trinajstić information content (AvgIpc) is 2.38. The van der Waals surface area contributed by atoms with Gasteiger partial charge in [0.2, 0.25) is 15.9 Å². The Morgan fingerprint density at radius 3 is 2.65 bits per heavy atom. The van der Waals surface area contributed by atoms with Crippen LogP contribution in [-0.4, -0.2) is 39.9 Å². The molecule has 1 aromatic rings. The molecule has 0 spiro atoms. The molecule has 1 amide bonds. The maximum absolute atomic E-state index is 12.0. The number of nitrogens with zero attached hydrogens (tertiary/aromatic N) is 2. The van der Waals surface area contributed by atoms with Crippen molar-refractivity contribution >= 4 is 27.5 Å². The molecule has 0 unspecified atom stereocenters. The SMILES string of the molecule is CN(C)C(=O)CCNS(=O)(=O)c1cc(C#N)ccc1Cl. The predicted molar refractivity (Wildman–Crippen MR) is 74.7 cm³/mol. The quantitative estimate of drug-likeness (QED) is 0.876. The standard InChI is InChI=1S/C12H14ClN3O3S/c1-16(2)12(17)5-6-15-20(18,19)11-7-9(8-14)3-4-10(11)13/h3-4,7,15H,5-6H2,1-2H3. The molecule has 0 aromatic heterocycles. The van der Waals surface area contributed by atoms with Crippen molar-refractivity contribution in [1.82, 2.24) is 9.62 Å². The van der Waals surface area contributed by atoms with E-state index in [9.17, 15) is 13.2 Å². The highest BCUT2D eigenvalue weighted by Crippen LogP contribution is 2.22. The zero-order valence-corrected chi connectivity index (χ0v) is 12.6. The van der Waals surface area contributed by atoms with Gasteiger partial charge < -0.3 is 4.90 Å².